The predicted molar refractivity (Wildman–Crippen MR) is 108 cm³/mol. The number of rotatable bonds is 9. The van der Waals surface area contributed by atoms with Crippen LogP contribution in [0.4, 0.5) is 0 Å². The fourth-order valence-electron chi connectivity index (χ4n) is 3.32. The van der Waals surface area contributed by atoms with Gasteiger partial charge in [-0.05, 0) is 36.6 Å². The number of methoxy groups -OCH3 is 2. The summed E-state index contributed by atoms with van der Waals surface area (Å²) >= 11 is 0. The lowest BCUT2D eigenvalue weighted by Gasteiger charge is -2.17. The molecule has 2 aromatic rings. The number of hydrogen-bond acceptors (Lipinski definition) is 5. The fourth-order valence-corrected chi connectivity index (χ4v) is 3.32. The van der Waals surface area contributed by atoms with E-state index in [1.807, 2.05) is 47.4 Å². The molecule has 1 aliphatic heterocycles. The van der Waals surface area contributed by atoms with Gasteiger partial charge in [0.2, 0.25) is 0 Å². The van der Waals surface area contributed by atoms with E-state index < -0.39 is 0 Å². The topological polar surface area (TPSA) is 60.0 Å². The van der Waals surface area contributed by atoms with E-state index in [1.54, 1.807) is 14.2 Å². The maximum absolute atomic E-state index is 12.2. The minimum absolute atomic E-state index is 0.0607. The smallest absolute Gasteiger partial charge is 0.260 e. The largest absolute Gasteiger partial charge is 0.493 e. The van der Waals surface area contributed by atoms with Gasteiger partial charge in [0.1, 0.15) is 5.75 Å². The molecule has 1 amide bonds. The van der Waals surface area contributed by atoms with Crippen LogP contribution in [0.3, 0.4) is 0 Å². The molecule has 0 saturated carbocycles. The first kappa shape index (κ1) is 20.0. The highest BCUT2D eigenvalue weighted by atomic mass is 16.5. The number of para-hydroxylation sites is 1. The Morgan fingerprint density at radius 1 is 0.964 bits per heavy atom. The van der Waals surface area contributed by atoms with Crippen LogP contribution in [-0.4, -0.2) is 44.7 Å². The molecule has 6 heteroatoms. The first-order chi connectivity index (χ1) is 13.7. The van der Waals surface area contributed by atoms with Gasteiger partial charge in [-0.1, -0.05) is 24.3 Å². The Kier molecular flexibility index (Phi) is 7.14. The van der Waals surface area contributed by atoms with Crippen LogP contribution in [-0.2, 0) is 17.9 Å². The second kappa shape index (κ2) is 9.99. The lowest BCUT2D eigenvalue weighted by atomic mass is 10.1. The Hall–Kier alpha value is -2.73. The minimum Gasteiger partial charge on any atom is -0.493 e. The highest BCUT2D eigenvalue weighted by Crippen LogP contribution is 2.27. The summed E-state index contributed by atoms with van der Waals surface area (Å²) in [4.78, 5) is 14.1. The van der Waals surface area contributed by atoms with Gasteiger partial charge >= 0.3 is 0 Å². The molecule has 0 spiro atoms. The van der Waals surface area contributed by atoms with Crippen molar-refractivity contribution >= 4 is 5.91 Å². The van der Waals surface area contributed by atoms with Crippen LogP contribution in [0.1, 0.15) is 24.0 Å². The van der Waals surface area contributed by atoms with Gasteiger partial charge in [-0.3, -0.25) is 4.79 Å². The van der Waals surface area contributed by atoms with E-state index in [4.69, 9.17) is 14.2 Å². The van der Waals surface area contributed by atoms with E-state index in [0.29, 0.717) is 24.6 Å². The van der Waals surface area contributed by atoms with Crippen molar-refractivity contribution in [2.45, 2.75) is 25.9 Å². The highest BCUT2D eigenvalue weighted by molar-refractivity contribution is 5.78. The van der Waals surface area contributed by atoms with Gasteiger partial charge in [0, 0.05) is 31.7 Å². The van der Waals surface area contributed by atoms with Crippen molar-refractivity contribution in [3.8, 4) is 17.2 Å². The van der Waals surface area contributed by atoms with Crippen molar-refractivity contribution < 1.29 is 19.0 Å². The number of amides is 1. The molecule has 3 rings (SSSR count). The molecule has 0 bridgehead atoms. The summed E-state index contributed by atoms with van der Waals surface area (Å²) in [6, 6.07) is 13.7. The molecule has 0 aromatic heterocycles. The summed E-state index contributed by atoms with van der Waals surface area (Å²) in [6.07, 6.45) is 2.17. The number of likely N-dealkylation sites (tertiary alicyclic amines) is 1. The Morgan fingerprint density at radius 3 is 2.46 bits per heavy atom. The van der Waals surface area contributed by atoms with Gasteiger partial charge in [0.25, 0.3) is 5.91 Å². The van der Waals surface area contributed by atoms with Crippen LogP contribution >= 0.6 is 0 Å². The SMILES string of the molecule is COc1ccc(CNCc2ccccc2OCC(=O)N2CCCC2)cc1OC. The van der Waals surface area contributed by atoms with Crippen molar-refractivity contribution in [3.63, 3.8) is 0 Å². The van der Waals surface area contributed by atoms with E-state index in [9.17, 15) is 4.79 Å². The minimum atomic E-state index is 0.0607. The van der Waals surface area contributed by atoms with Gasteiger partial charge < -0.3 is 24.4 Å². The molecule has 0 atom stereocenters. The molecular formula is C22H28N2O4. The Balaban J connectivity index is 1.54. The van der Waals surface area contributed by atoms with Gasteiger partial charge in [-0.25, -0.2) is 0 Å². The number of hydrogen-bond donors (Lipinski definition) is 1. The monoisotopic (exact) mass is 384 g/mol. The van der Waals surface area contributed by atoms with E-state index in [0.717, 1.165) is 42.8 Å². The fraction of sp³-hybridized carbons (Fsp3) is 0.409. The van der Waals surface area contributed by atoms with Crippen LogP contribution in [0.5, 0.6) is 17.2 Å². The van der Waals surface area contributed by atoms with E-state index in [-0.39, 0.29) is 12.5 Å². The second-order valence-electron chi connectivity index (χ2n) is 6.78. The van der Waals surface area contributed by atoms with Crippen LogP contribution in [0.2, 0.25) is 0 Å². The third kappa shape index (κ3) is 5.16. The van der Waals surface area contributed by atoms with E-state index in [1.165, 1.54) is 0 Å². The second-order valence-corrected chi connectivity index (χ2v) is 6.78. The van der Waals surface area contributed by atoms with Crippen molar-refractivity contribution in [1.29, 1.82) is 0 Å². The number of nitrogens with zero attached hydrogens (tertiary/aromatic N) is 1. The number of nitrogens with one attached hydrogen (secondary N) is 1. The molecule has 1 fully saturated rings. The number of benzene rings is 2. The molecule has 1 N–H and O–H groups in total. The molecule has 0 unspecified atom stereocenters. The zero-order chi connectivity index (χ0) is 19.8. The van der Waals surface area contributed by atoms with Gasteiger partial charge in [0.05, 0.1) is 14.2 Å². The van der Waals surface area contributed by atoms with Gasteiger partial charge in [0.15, 0.2) is 18.1 Å². The Morgan fingerprint density at radius 2 is 1.71 bits per heavy atom. The maximum atomic E-state index is 12.2. The summed E-state index contributed by atoms with van der Waals surface area (Å²) in [6.45, 7) is 3.10. The lowest BCUT2D eigenvalue weighted by Crippen LogP contribution is -2.32. The zero-order valence-electron chi connectivity index (χ0n) is 16.6. The molecule has 1 saturated heterocycles. The molecule has 150 valence electrons. The maximum Gasteiger partial charge on any atom is 0.260 e. The van der Waals surface area contributed by atoms with Crippen molar-refractivity contribution in [3.05, 3.63) is 53.6 Å². The third-order valence-corrected chi connectivity index (χ3v) is 4.88. The quantitative estimate of drug-likeness (QED) is 0.720. The normalized spacial score (nSPS) is 13.4. The first-order valence-corrected chi connectivity index (χ1v) is 9.61. The van der Waals surface area contributed by atoms with Crippen LogP contribution in [0.25, 0.3) is 0 Å². The van der Waals surface area contributed by atoms with Crippen molar-refractivity contribution in [2.75, 3.05) is 33.9 Å². The molecule has 1 aliphatic rings. The summed E-state index contributed by atoms with van der Waals surface area (Å²) in [5.41, 5.74) is 2.12. The Bertz CT molecular complexity index is 788. The first-order valence-electron chi connectivity index (χ1n) is 9.61. The van der Waals surface area contributed by atoms with Crippen LogP contribution in [0.15, 0.2) is 42.5 Å². The van der Waals surface area contributed by atoms with Gasteiger partial charge in [-0.15, -0.1) is 0 Å². The molecular weight excluding hydrogens is 356 g/mol. The Labute approximate surface area is 166 Å². The molecule has 6 nitrogen and oxygen atoms in total. The lowest BCUT2D eigenvalue weighted by molar-refractivity contribution is -0.132. The summed E-state index contributed by atoms with van der Waals surface area (Å²) < 4.78 is 16.4. The van der Waals surface area contributed by atoms with Crippen molar-refractivity contribution in [2.24, 2.45) is 0 Å². The summed E-state index contributed by atoms with van der Waals surface area (Å²) in [5, 5.41) is 3.42. The van der Waals surface area contributed by atoms with Gasteiger partial charge in [-0.2, -0.15) is 0 Å². The highest BCUT2D eigenvalue weighted by Gasteiger charge is 2.18. The molecule has 1 heterocycles. The van der Waals surface area contributed by atoms with Crippen molar-refractivity contribution in [1.82, 2.24) is 10.2 Å². The van der Waals surface area contributed by atoms with E-state index in [2.05, 4.69) is 5.32 Å². The third-order valence-electron chi connectivity index (χ3n) is 4.88. The number of ether oxygens (including phenoxy) is 3. The summed E-state index contributed by atoms with van der Waals surface area (Å²) in [5.74, 6) is 2.24. The average Bonchev–Trinajstić information content (AvgIpc) is 3.27. The van der Waals surface area contributed by atoms with E-state index >= 15 is 0 Å². The van der Waals surface area contributed by atoms with Crippen LogP contribution in [0, 0.1) is 0 Å². The number of carbonyl (C=O) groups excluding carboxylic acids is 1. The standard InChI is InChI=1S/C22H28N2O4/c1-26-20-10-9-17(13-21(20)27-2)14-23-15-18-7-3-4-8-19(18)28-16-22(25)24-11-5-6-12-24/h3-4,7-10,13,23H,5-6,11-12,14-16H2,1-2H3. The predicted octanol–water partition coefficient (Wildman–Crippen LogP) is 2.99. The average molecular weight is 384 g/mol. The summed E-state index contributed by atoms with van der Waals surface area (Å²) in [7, 11) is 3.26. The van der Waals surface area contributed by atoms with Crippen LogP contribution < -0.4 is 19.5 Å². The molecule has 2 aromatic carbocycles. The molecule has 0 aliphatic carbocycles. The number of carbonyl (C=O) groups is 1. The molecule has 0 radical (unpaired) electrons. The zero-order valence-corrected chi connectivity index (χ0v) is 16.6. The molecule has 28 heavy (non-hydrogen) atoms.